The van der Waals surface area contributed by atoms with Crippen molar-refractivity contribution in [2.24, 2.45) is 0 Å². The van der Waals surface area contributed by atoms with Crippen LogP contribution in [0.5, 0.6) is 17.4 Å². The molecule has 2 rings (SSSR count). The summed E-state index contributed by atoms with van der Waals surface area (Å²) in [6, 6.07) is 10.9. The van der Waals surface area contributed by atoms with Crippen LogP contribution in [0, 0.1) is 0 Å². The summed E-state index contributed by atoms with van der Waals surface area (Å²) in [5.74, 6) is 2.05. The summed E-state index contributed by atoms with van der Waals surface area (Å²) in [6.45, 7) is 2.60. The molecule has 0 radical (unpaired) electrons. The van der Waals surface area contributed by atoms with E-state index in [1.165, 1.54) is 0 Å². The number of hydrogen-bond acceptors (Lipinski definition) is 4. The molecule has 0 spiro atoms. The Hall–Kier alpha value is -2.23. The van der Waals surface area contributed by atoms with Crippen molar-refractivity contribution in [3.63, 3.8) is 0 Å². The van der Waals surface area contributed by atoms with Gasteiger partial charge in [-0.15, -0.1) is 0 Å². The van der Waals surface area contributed by atoms with E-state index >= 15 is 0 Å². The van der Waals surface area contributed by atoms with E-state index in [1.807, 2.05) is 31.2 Å². The molecule has 4 heteroatoms. The van der Waals surface area contributed by atoms with Crippen molar-refractivity contribution in [2.75, 3.05) is 12.3 Å². The Morgan fingerprint density at radius 2 is 1.76 bits per heavy atom. The second kappa shape index (κ2) is 5.21. The summed E-state index contributed by atoms with van der Waals surface area (Å²) in [4.78, 5) is 4.05. The highest BCUT2D eigenvalue weighted by Gasteiger charge is 1.99. The third-order valence-corrected chi connectivity index (χ3v) is 2.12. The normalized spacial score (nSPS) is 9.94. The second-order valence-corrected chi connectivity index (χ2v) is 3.44. The molecule has 1 aromatic carbocycles. The molecule has 4 nitrogen and oxygen atoms in total. The van der Waals surface area contributed by atoms with E-state index in [1.54, 1.807) is 18.3 Å². The van der Waals surface area contributed by atoms with Crippen LogP contribution in [-0.2, 0) is 0 Å². The van der Waals surface area contributed by atoms with Gasteiger partial charge in [-0.05, 0) is 37.3 Å². The molecule has 0 saturated carbocycles. The maximum Gasteiger partial charge on any atom is 0.219 e. The molecule has 88 valence electrons. The Kier molecular flexibility index (Phi) is 3.45. The summed E-state index contributed by atoms with van der Waals surface area (Å²) >= 11 is 0. The maximum absolute atomic E-state index is 5.54. The van der Waals surface area contributed by atoms with Gasteiger partial charge in [0.1, 0.15) is 11.5 Å². The predicted octanol–water partition coefficient (Wildman–Crippen LogP) is 2.85. The number of ether oxygens (including phenoxy) is 2. The van der Waals surface area contributed by atoms with Crippen LogP contribution in [0.15, 0.2) is 42.6 Å². The van der Waals surface area contributed by atoms with Crippen molar-refractivity contribution in [2.45, 2.75) is 6.92 Å². The van der Waals surface area contributed by atoms with Crippen molar-refractivity contribution < 1.29 is 9.47 Å². The average molecular weight is 230 g/mol. The number of benzene rings is 1. The minimum absolute atomic E-state index is 0.517. The molecular weight excluding hydrogens is 216 g/mol. The highest BCUT2D eigenvalue weighted by Crippen LogP contribution is 2.22. The highest BCUT2D eigenvalue weighted by atomic mass is 16.5. The van der Waals surface area contributed by atoms with E-state index in [2.05, 4.69) is 4.98 Å². The fourth-order valence-corrected chi connectivity index (χ4v) is 1.34. The third kappa shape index (κ3) is 3.11. The number of pyridine rings is 1. The van der Waals surface area contributed by atoms with Crippen LogP contribution >= 0.6 is 0 Å². The molecule has 1 aromatic heterocycles. The first kappa shape index (κ1) is 11.3. The van der Waals surface area contributed by atoms with Crippen LogP contribution in [-0.4, -0.2) is 11.6 Å². The summed E-state index contributed by atoms with van der Waals surface area (Å²) in [5, 5.41) is 0. The molecule has 2 N–H and O–H groups in total. The predicted molar refractivity (Wildman–Crippen MR) is 66.3 cm³/mol. The second-order valence-electron chi connectivity index (χ2n) is 3.44. The van der Waals surface area contributed by atoms with E-state index in [9.17, 15) is 0 Å². The lowest BCUT2D eigenvalue weighted by molar-refractivity contribution is 0.339. The number of nitrogens with zero attached hydrogens (tertiary/aromatic N) is 1. The summed E-state index contributed by atoms with van der Waals surface area (Å²) in [5.41, 5.74) is 6.15. The van der Waals surface area contributed by atoms with Gasteiger partial charge in [0, 0.05) is 6.07 Å². The lowest BCUT2D eigenvalue weighted by Crippen LogP contribution is -1.92. The molecule has 17 heavy (non-hydrogen) atoms. The molecule has 0 fully saturated rings. The van der Waals surface area contributed by atoms with E-state index in [4.69, 9.17) is 15.2 Å². The van der Waals surface area contributed by atoms with Gasteiger partial charge in [-0.25, -0.2) is 4.98 Å². The molecule has 1 heterocycles. The average Bonchev–Trinajstić information content (AvgIpc) is 2.35. The Bertz CT molecular complexity index is 466. The summed E-state index contributed by atoms with van der Waals surface area (Å²) < 4.78 is 10.9. The maximum atomic E-state index is 5.54. The number of aromatic nitrogens is 1. The summed E-state index contributed by atoms with van der Waals surface area (Å²) in [6.07, 6.45) is 1.56. The van der Waals surface area contributed by atoms with E-state index in [-0.39, 0.29) is 0 Å². The number of rotatable bonds is 4. The largest absolute Gasteiger partial charge is 0.494 e. The number of nitrogens with two attached hydrogens (primary N) is 1. The molecule has 0 aliphatic heterocycles. The van der Waals surface area contributed by atoms with Crippen LogP contribution in [0.4, 0.5) is 5.69 Å². The van der Waals surface area contributed by atoms with Crippen LogP contribution in [0.25, 0.3) is 0 Å². The van der Waals surface area contributed by atoms with Gasteiger partial charge in [-0.3, -0.25) is 0 Å². The van der Waals surface area contributed by atoms with Crippen LogP contribution < -0.4 is 15.2 Å². The van der Waals surface area contributed by atoms with E-state index < -0.39 is 0 Å². The fraction of sp³-hybridized carbons (Fsp3) is 0.154. The topological polar surface area (TPSA) is 57.4 Å². The molecule has 2 aromatic rings. The molecule has 0 bridgehead atoms. The van der Waals surface area contributed by atoms with Gasteiger partial charge in [0.05, 0.1) is 18.5 Å². The molecule has 0 amide bonds. The van der Waals surface area contributed by atoms with Gasteiger partial charge in [-0.1, -0.05) is 0 Å². The molecule has 0 atom stereocenters. The van der Waals surface area contributed by atoms with Crippen molar-refractivity contribution in [1.82, 2.24) is 4.98 Å². The van der Waals surface area contributed by atoms with Gasteiger partial charge in [-0.2, -0.15) is 0 Å². The first-order chi connectivity index (χ1) is 8.28. The minimum Gasteiger partial charge on any atom is -0.494 e. The zero-order valence-electron chi connectivity index (χ0n) is 9.59. The quantitative estimate of drug-likeness (QED) is 0.877. The minimum atomic E-state index is 0.517. The number of anilines is 1. The summed E-state index contributed by atoms with van der Waals surface area (Å²) in [7, 11) is 0. The molecule has 0 saturated heterocycles. The van der Waals surface area contributed by atoms with Gasteiger partial charge < -0.3 is 15.2 Å². The highest BCUT2D eigenvalue weighted by molar-refractivity contribution is 5.38. The number of nitrogen functional groups attached to an aromatic ring is 1. The molecule has 0 aliphatic carbocycles. The third-order valence-electron chi connectivity index (χ3n) is 2.12. The van der Waals surface area contributed by atoms with Gasteiger partial charge in [0.2, 0.25) is 5.88 Å². The Morgan fingerprint density at radius 3 is 2.35 bits per heavy atom. The van der Waals surface area contributed by atoms with Crippen LogP contribution in [0.2, 0.25) is 0 Å². The molecular formula is C13H14N2O2. The standard InChI is InChI=1S/C13H14N2O2/c1-2-16-11-4-6-12(7-5-11)17-13-8-3-10(14)9-15-13/h3-9H,2,14H2,1H3. The van der Waals surface area contributed by atoms with Crippen molar-refractivity contribution >= 4 is 5.69 Å². The van der Waals surface area contributed by atoms with Crippen LogP contribution in [0.3, 0.4) is 0 Å². The van der Waals surface area contributed by atoms with Crippen LogP contribution in [0.1, 0.15) is 6.92 Å². The monoisotopic (exact) mass is 230 g/mol. The van der Waals surface area contributed by atoms with Gasteiger partial charge in [0.25, 0.3) is 0 Å². The van der Waals surface area contributed by atoms with Gasteiger partial charge >= 0.3 is 0 Å². The van der Waals surface area contributed by atoms with Crippen molar-refractivity contribution in [1.29, 1.82) is 0 Å². The van der Waals surface area contributed by atoms with E-state index in [0.717, 1.165) is 5.75 Å². The molecule has 0 aliphatic rings. The van der Waals surface area contributed by atoms with Gasteiger partial charge in [0.15, 0.2) is 0 Å². The first-order valence-electron chi connectivity index (χ1n) is 5.40. The van der Waals surface area contributed by atoms with Crippen molar-refractivity contribution in [3.05, 3.63) is 42.6 Å². The zero-order valence-corrected chi connectivity index (χ0v) is 9.59. The zero-order chi connectivity index (χ0) is 12.1. The fourth-order valence-electron chi connectivity index (χ4n) is 1.34. The van der Waals surface area contributed by atoms with E-state index in [0.29, 0.717) is 23.9 Å². The lowest BCUT2D eigenvalue weighted by atomic mass is 10.3. The molecule has 0 unspecified atom stereocenters. The lowest BCUT2D eigenvalue weighted by Gasteiger charge is -2.06. The Labute approximate surface area is 100 Å². The smallest absolute Gasteiger partial charge is 0.219 e. The Morgan fingerprint density at radius 1 is 1.06 bits per heavy atom. The SMILES string of the molecule is CCOc1ccc(Oc2ccc(N)cn2)cc1. The number of hydrogen-bond donors (Lipinski definition) is 1. The van der Waals surface area contributed by atoms with Crippen molar-refractivity contribution in [3.8, 4) is 17.4 Å². The first-order valence-corrected chi connectivity index (χ1v) is 5.40. The Balaban J connectivity index is 2.05.